The lowest BCUT2D eigenvalue weighted by molar-refractivity contribution is -0.137. The van der Waals surface area contributed by atoms with Crippen molar-refractivity contribution in [3.63, 3.8) is 0 Å². The van der Waals surface area contributed by atoms with Crippen LogP contribution < -0.4 is 16.8 Å². The van der Waals surface area contributed by atoms with Crippen molar-refractivity contribution in [2.75, 3.05) is 23.3 Å². The summed E-state index contributed by atoms with van der Waals surface area (Å²) in [7, 11) is 0. The summed E-state index contributed by atoms with van der Waals surface area (Å²) < 4.78 is 39.6. The molecule has 0 fully saturated rings. The van der Waals surface area contributed by atoms with Crippen LogP contribution in [0.1, 0.15) is 21.6 Å². The third kappa shape index (κ3) is 3.84. The molecule has 12 heteroatoms. The number of hydrogen-bond acceptors (Lipinski definition) is 8. The zero-order valence-corrected chi connectivity index (χ0v) is 14.2. The molecule has 3 aromatic rings. The number of aromatic nitrogens is 4. The van der Waals surface area contributed by atoms with Crippen molar-refractivity contribution in [3.8, 4) is 0 Å². The number of carboxylic acid groups (broad SMARTS) is 1. The molecule has 0 aliphatic carbocycles. The second kappa shape index (κ2) is 7.13. The van der Waals surface area contributed by atoms with Crippen LogP contribution in [0.15, 0.2) is 24.4 Å². The van der Waals surface area contributed by atoms with E-state index in [4.69, 9.17) is 11.5 Å². The second-order valence-electron chi connectivity index (χ2n) is 5.71. The van der Waals surface area contributed by atoms with Crippen molar-refractivity contribution < 1.29 is 23.1 Å². The first-order valence-corrected chi connectivity index (χ1v) is 7.89. The molecule has 0 saturated carbocycles. The minimum absolute atomic E-state index is 0.0245. The Morgan fingerprint density at radius 1 is 1.18 bits per heavy atom. The lowest BCUT2D eigenvalue weighted by atomic mass is 10.1. The lowest BCUT2D eigenvalue weighted by Crippen LogP contribution is -2.17. The Kier molecular flexibility index (Phi) is 4.86. The van der Waals surface area contributed by atoms with Gasteiger partial charge in [-0.1, -0.05) is 6.07 Å². The number of nitrogens with one attached hydrogen (secondary N) is 1. The molecule has 2 heterocycles. The van der Waals surface area contributed by atoms with E-state index in [2.05, 4.69) is 25.3 Å². The van der Waals surface area contributed by atoms with Crippen molar-refractivity contribution in [1.29, 1.82) is 0 Å². The van der Waals surface area contributed by atoms with E-state index in [9.17, 15) is 23.1 Å². The minimum atomic E-state index is -4.71. The Balaban J connectivity index is 1.84. The second-order valence-corrected chi connectivity index (χ2v) is 5.71. The number of anilines is 3. The molecule has 0 spiro atoms. The predicted octanol–water partition coefficient (Wildman–Crippen LogP) is 1.96. The minimum Gasteiger partial charge on any atom is -0.478 e. The molecule has 9 nitrogen and oxygen atoms in total. The van der Waals surface area contributed by atoms with Crippen molar-refractivity contribution >= 4 is 34.6 Å². The van der Waals surface area contributed by atoms with Gasteiger partial charge in [0, 0.05) is 13.0 Å². The first-order chi connectivity index (χ1) is 13.2. The fourth-order valence-corrected chi connectivity index (χ4v) is 2.58. The number of rotatable bonds is 5. The number of carboxylic acids is 1. The third-order valence-corrected chi connectivity index (χ3v) is 3.78. The summed E-state index contributed by atoms with van der Waals surface area (Å²) in [5.41, 5.74) is 9.96. The van der Waals surface area contributed by atoms with Crippen molar-refractivity contribution in [1.82, 2.24) is 19.9 Å². The Hall–Kier alpha value is -3.70. The average molecular weight is 393 g/mol. The van der Waals surface area contributed by atoms with Gasteiger partial charge in [-0.2, -0.15) is 23.1 Å². The number of alkyl halides is 3. The molecular weight excluding hydrogens is 379 g/mol. The van der Waals surface area contributed by atoms with Crippen LogP contribution in [0.2, 0.25) is 0 Å². The summed E-state index contributed by atoms with van der Waals surface area (Å²) in [5, 5.41) is 11.7. The van der Waals surface area contributed by atoms with Crippen LogP contribution in [0.3, 0.4) is 0 Å². The summed E-state index contributed by atoms with van der Waals surface area (Å²) in [5.74, 6) is -1.50. The molecule has 6 N–H and O–H groups in total. The topological polar surface area (TPSA) is 153 Å². The number of carbonyl (C=O) groups is 1. The molecule has 0 aliphatic rings. The number of nitrogens with two attached hydrogens (primary N) is 2. The molecule has 2 aromatic heterocycles. The quantitative estimate of drug-likeness (QED) is 0.509. The van der Waals surface area contributed by atoms with E-state index in [1.54, 1.807) is 0 Å². The van der Waals surface area contributed by atoms with E-state index in [0.29, 0.717) is 5.69 Å². The highest BCUT2D eigenvalue weighted by molar-refractivity contribution is 5.95. The van der Waals surface area contributed by atoms with E-state index in [1.807, 2.05) is 0 Å². The summed E-state index contributed by atoms with van der Waals surface area (Å²) in [4.78, 5) is 27.2. The number of aromatic carboxylic acids is 1. The van der Waals surface area contributed by atoms with E-state index < -0.39 is 29.0 Å². The maximum Gasteiger partial charge on any atom is 0.418 e. The lowest BCUT2D eigenvalue weighted by Gasteiger charge is -2.16. The van der Waals surface area contributed by atoms with Crippen LogP contribution in [0, 0.1) is 0 Å². The van der Waals surface area contributed by atoms with E-state index in [-0.39, 0.29) is 35.9 Å². The molecule has 0 saturated heterocycles. The highest BCUT2D eigenvalue weighted by Crippen LogP contribution is 2.36. The average Bonchev–Trinajstić information content (AvgIpc) is 2.61. The third-order valence-electron chi connectivity index (χ3n) is 3.78. The van der Waals surface area contributed by atoms with Gasteiger partial charge in [0.1, 0.15) is 0 Å². The standard InChI is InChI=1S/C16H14F3N7O2/c17-16(18,19)9-3-1-2-8(14(27)28)10(9)22-5-4-7-6-23-13-11(24-7)12(20)25-15(21)26-13/h1-3,6,22H,4-5H2,(H,27,28)(H4,20,21,23,25,26). The molecule has 28 heavy (non-hydrogen) atoms. The van der Waals surface area contributed by atoms with Gasteiger partial charge >= 0.3 is 12.1 Å². The maximum absolute atomic E-state index is 13.2. The van der Waals surface area contributed by atoms with Gasteiger partial charge < -0.3 is 21.9 Å². The first-order valence-electron chi connectivity index (χ1n) is 7.89. The highest BCUT2D eigenvalue weighted by Gasteiger charge is 2.35. The normalized spacial score (nSPS) is 11.5. The van der Waals surface area contributed by atoms with Crippen LogP contribution in [-0.4, -0.2) is 37.6 Å². The molecule has 0 radical (unpaired) electrons. The molecule has 0 bridgehead atoms. The summed E-state index contributed by atoms with van der Waals surface area (Å²) in [6.07, 6.45) is -3.18. The van der Waals surface area contributed by atoms with Crippen LogP contribution in [-0.2, 0) is 12.6 Å². The number of para-hydroxylation sites is 1. The number of halogens is 3. The van der Waals surface area contributed by atoms with Gasteiger partial charge in [0.2, 0.25) is 5.95 Å². The van der Waals surface area contributed by atoms with Crippen molar-refractivity contribution in [2.24, 2.45) is 0 Å². The molecule has 1 aromatic carbocycles. The Morgan fingerprint density at radius 3 is 2.61 bits per heavy atom. The number of benzene rings is 1. The summed E-state index contributed by atoms with van der Waals surface area (Å²) >= 11 is 0. The number of hydrogen-bond donors (Lipinski definition) is 4. The van der Waals surface area contributed by atoms with Gasteiger partial charge in [-0.15, -0.1) is 0 Å². The maximum atomic E-state index is 13.2. The fraction of sp³-hybridized carbons (Fsp3) is 0.188. The van der Waals surface area contributed by atoms with Crippen LogP contribution >= 0.6 is 0 Å². The van der Waals surface area contributed by atoms with Crippen molar-refractivity contribution in [3.05, 3.63) is 41.2 Å². The Bertz CT molecular complexity index is 1060. The van der Waals surface area contributed by atoms with Crippen LogP contribution in [0.25, 0.3) is 11.2 Å². The monoisotopic (exact) mass is 393 g/mol. The zero-order chi connectivity index (χ0) is 20.5. The molecule has 0 amide bonds. The summed E-state index contributed by atoms with van der Waals surface area (Å²) in [6, 6.07) is 2.95. The SMILES string of the molecule is Nc1nc(N)c2nc(CCNc3c(C(=O)O)cccc3C(F)(F)F)cnc2n1. The van der Waals surface area contributed by atoms with Gasteiger partial charge in [0.05, 0.1) is 28.7 Å². The Labute approximate surface area is 155 Å². The van der Waals surface area contributed by atoms with Crippen LogP contribution in [0.4, 0.5) is 30.6 Å². The molecule has 146 valence electrons. The highest BCUT2D eigenvalue weighted by atomic mass is 19.4. The molecule has 0 atom stereocenters. The first kappa shape index (κ1) is 19.1. The number of nitrogen functional groups attached to an aromatic ring is 2. The summed E-state index contributed by atoms with van der Waals surface area (Å²) in [6.45, 7) is -0.0245. The largest absolute Gasteiger partial charge is 0.478 e. The molecule has 0 unspecified atom stereocenters. The number of nitrogens with zero attached hydrogens (tertiary/aromatic N) is 4. The van der Waals surface area contributed by atoms with Crippen molar-refractivity contribution in [2.45, 2.75) is 12.6 Å². The fourth-order valence-electron chi connectivity index (χ4n) is 2.58. The molecule has 3 rings (SSSR count). The molecule has 0 aliphatic heterocycles. The smallest absolute Gasteiger partial charge is 0.418 e. The Morgan fingerprint density at radius 2 is 1.93 bits per heavy atom. The van der Waals surface area contributed by atoms with Gasteiger partial charge in [-0.05, 0) is 12.1 Å². The van der Waals surface area contributed by atoms with Gasteiger partial charge in [-0.3, -0.25) is 0 Å². The van der Waals surface area contributed by atoms with Gasteiger partial charge in [-0.25, -0.2) is 14.8 Å². The van der Waals surface area contributed by atoms with Crippen LogP contribution in [0.5, 0.6) is 0 Å². The molecular formula is C16H14F3N7O2. The van der Waals surface area contributed by atoms with E-state index >= 15 is 0 Å². The number of fused-ring (bicyclic) bond motifs is 1. The van der Waals surface area contributed by atoms with Gasteiger partial charge in [0.15, 0.2) is 17.0 Å². The predicted molar refractivity (Wildman–Crippen MR) is 94.5 cm³/mol. The van der Waals surface area contributed by atoms with E-state index in [1.165, 1.54) is 6.20 Å². The van der Waals surface area contributed by atoms with Gasteiger partial charge in [0.25, 0.3) is 0 Å². The zero-order valence-electron chi connectivity index (χ0n) is 14.2. The van der Waals surface area contributed by atoms with E-state index in [0.717, 1.165) is 18.2 Å².